The molecule has 0 aromatic heterocycles. The van der Waals surface area contributed by atoms with Crippen molar-refractivity contribution in [1.29, 1.82) is 0 Å². The van der Waals surface area contributed by atoms with E-state index in [0.29, 0.717) is 12.1 Å². The highest BCUT2D eigenvalue weighted by Gasteiger charge is 2.52. The summed E-state index contributed by atoms with van der Waals surface area (Å²) in [6.45, 7) is 14.0. The van der Waals surface area contributed by atoms with E-state index in [4.69, 9.17) is 9.31 Å². The Balaban J connectivity index is 1.74. The fourth-order valence-electron chi connectivity index (χ4n) is 3.60. The predicted octanol–water partition coefficient (Wildman–Crippen LogP) is 4.23. The zero-order chi connectivity index (χ0) is 17.5. The SMILES string of the molecule is C[C@@H]1C=C(B2OC(C)(C)C(C)(C)O2)C[C@H](C)N1Cc1ccccc1. The van der Waals surface area contributed by atoms with Gasteiger partial charge in [0.2, 0.25) is 0 Å². The molecule has 4 heteroatoms. The minimum Gasteiger partial charge on any atom is -0.400 e. The van der Waals surface area contributed by atoms with Crippen LogP contribution in [0, 0.1) is 0 Å². The number of hydrogen-bond donors (Lipinski definition) is 0. The Kier molecular flexibility index (Phi) is 4.67. The van der Waals surface area contributed by atoms with Gasteiger partial charge in [-0.25, -0.2) is 0 Å². The molecule has 2 aliphatic heterocycles. The first-order valence-electron chi connectivity index (χ1n) is 9.05. The van der Waals surface area contributed by atoms with Crippen LogP contribution in [0.4, 0.5) is 0 Å². The van der Waals surface area contributed by atoms with Crippen LogP contribution in [0.25, 0.3) is 0 Å². The molecule has 0 bridgehead atoms. The van der Waals surface area contributed by atoms with Crippen LogP contribution in [-0.4, -0.2) is 35.3 Å². The summed E-state index contributed by atoms with van der Waals surface area (Å²) in [7, 11) is -0.209. The molecule has 0 spiro atoms. The monoisotopic (exact) mass is 327 g/mol. The Hall–Kier alpha value is -1.10. The van der Waals surface area contributed by atoms with Crippen LogP contribution < -0.4 is 0 Å². The van der Waals surface area contributed by atoms with E-state index in [1.807, 2.05) is 0 Å². The van der Waals surface area contributed by atoms with Crippen molar-refractivity contribution >= 4 is 7.12 Å². The number of nitrogens with zero attached hydrogens (tertiary/aromatic N) is 1. The quantitative estimate of drug-likeness (QED) is 0.776. The minimum absolute atomic E-state index is 0.209. The topological polar surface area (TPSA) is 21.7 Å². The molecule has 1 saturated heterocycles. The lowest BCUT2D eigenvalue weighted by Gasteiger charge is -2.38. The molecule has 2 heterocycles. The third-order valence-electron chi connectivity index (χ3n) is 5.84. The van der Waals surface area contributed by atoms with Crippen LogP contribution >= 0.6 is 0 Å². The first-order chi connectivity index (χ1) is 11.2. The number of hydrogen-bond acceptors (Lipinski definition) is 3. The second-order valence-electron chi connectivity index (χ2n) is 8.28. The van der Waals surface area contributed by atoms with E-state index in [0.717, 1.165) is 13.0 Å². The first-order valence-corrected chi connectivity index (χ1v) is 9.05. The Morgan fingerprint density at radius 2 is 1.62 bits per heavy atom. The van der Waals surface area contributed by atoms with Gasteiger partial charge in [-0.1, -0.05) is 36.4 Å². The zero-order valence-corrected chi connectivity index (χ0v) is 15.9. The summed E-state index contributed by atoms with van der Waals surface area (Å²) < 4.78 is 12.5. The lowest BCUT2D eigenvalue weighted by molar-refractivity contribution is 0.00578. The fraction of sp³-hybridized carbons (Fsp3) is 0.600. The maximum absolute atomic E-state index is 6.24. The molecule has 0 radical (unpaired) electrons. The normalized spacial score (nSPS) is 29.6. The average Bonchev–Trinajstić information content (AvgIpc) is 2.72. The molecule has 3 nitrogen and oxygen atoms in total. The van der Waals surface area contributed by atoms with Gasteiger partial charge in [-0.2, -0.15) is 0 Å². The Bertz CT molecular complexity index is 595. The van der Waals surface area contributed by atoms with Gasteiger partial charge >= 0.3 is 7.12 Å². The molecule has 0 aliphatic carbocycles. The van der Waals surface area contributed by atoms with Gasteiger partial charge in [-0.15, -0.1) is 0 Å². The maximum Gasteiger partial charge on any atom is 0.490 e. The van der Waals surface area contributed by atoms with Gasteiger partial charge in [-0.05, 0) is 59.0 Å². The molecule has 2 aliphatic rings. The van der Waals surface area contributed by atoms with Crippen molar-refractivity contribution in [2.24, 2.45) is 0 Å². The summed E-state index contributed by atoms with van der Waals surface area (Å²) in [5.74, 6) is 0. The summed E-state index contributed by atoms with van der Waals surface area (Å²) in [5.41, 5.74) is 2.11. The third kappa shape index (κ3) is 3.33. The summed E-state index contributed by atoms with van der Waals surface area (Å²) >= 11 is 0. The summed E-state index contributed by atoms with van der Waals surface area (Å²) in [6, 6.07) is 11.5. The Labute approximate surface area is 147 Å². The van der Waals surface area contributed by atoms with Gasteiger partial charge in [-0.3, -0.25) is 4.90 Å². The van der Waals surface area contributed by atoms with Gasteiger partial charge in [0.05, 0.1) is 11.2 Å². The molecular formula is C20H30BNO2. The van der Waals surface area contributed by atoms with E-state index in [9.17, 15) is 0 Å². The van der Waals surface area contributed by atoms with Crippen molar-refractivity contribution in [3.63, 3.8) is 0 Å². The van der Waals surface area contributed by atoms with E-state index >= 15 is 0 Å². The zero-order valence-electron chi connectivity index (χ0n) is 15.9. The van der Waals surface area contributed by atoms with E-state index < -0.39 is 0 Å². The number of rotatable bonds is 3. The van der Waals surface area contributed by atoms with Crippen LogP contribution in [0.15, 0.2) is 41.9 Å². The lowest BCUT2D eigenvalue weighted by atomic mass is 9.72. The highest BCUT2D eigenvalue weighted by atomic mass is 16.7. The van der Waals surface area contributed by atoms with E-state index in [1.165, 1.54) is 11.0 Å². The molecule has 0 N–H and O–H groups in total. The Morgan fingerprint density at radius 3 is 2.17 bits per heavy atom. The van der Waals surface area contributed by atoms with Gasteiger partial charge in [0.15, 0.2) is 0 Å². The van der Waals surface area contributed by atoms with Crippen LogP contribution in [0.5, 0.6) is 0 Å². The van der Waals surface area contributed by atoms with Crippen molar-refractivity contribution < 1.29 is 9.31 Å². The maximum atomic E-state index is 6.24. The lowest BCUT2D eigenvalue weighted by Crippen LogP contribution is -2.44. The predicted molar refractivity (Wildman–Crippen MR) is 99.7 cm³/mol. The van der Waals surface area contributed by atoms with Gasteiger partial charge < -0.3 is 9.31 Å². The average molecular weight is 327 g/mol. The van der Waals surface area contributed by atoms with Crippen LogP contribution in [-0.2, 0) is 15.9 Å². The molecule has 2 atom stereocenters. The molecule has 24 heavy (non-hydrogen) atoms. The summed E-state index contributed by atoms with van der Waals surface area (Å²) in [4.78, 5) is 2.55. The highest BCUT2D eigenvalue weighted by Crippen LogP contribution is 2.40. The first kappa shape index (κ1) is 17.7. The molecule has 130 valence electrons. The molecule has 0 amide bonds. The Morgan fingerprint density at radius 1 is 1.04 bits per heavy atom. The van der Waals surface area contributed by atoms with E-state index in [-0.39, 0.29) is 18.3 Å². The van der Waals surface area contributed by atoms with Crippen molar-refractivity contribution in [3.05, 3.63) is 47.4 Å². The fourth-order valence-corrected chi connectivity index (χ4v) is 3.60. The van der Waals surface area contributed by atoms with Crippen LogP contribution in [0.2, 0.25) is 0 Å². The van der Waals surface area contributed by atoms with E-state index in [2.05, 4.69) is 82.9 Å². The minimum atomic E-state index is -0.272. The van der Waals surface area contributed by atoms with Crippen LogP contribution in [0.3, 0.4) is 0 Å². The molecular weight excluding hydrogens is 297 g/mol. The molecule has 0 unspecified atom stereocenters. The second kappa shape index (κ2) is 6.32. The van der Waals surface area contributed by atoms with Crippen molar-refractivity contribution in [3.8, 4) is 0 Å². The van der Waals surface area contributed by atoms with E-state index in [1.54, 1.807) is 0 Å². The largest absolute Gasteiger partial charge is 0.490 e. The number of benzene rings is 1. The van der Waals surface area contributed by atoms with Crippen molar-refractivity contribution in [2.45, 2.75) is 77.8 Å². The molecule has 1 aromatic carbocycles. The van der Waals surface area contributed by atoms with Gasteiger partial charge in [0.25, 0.3) is 0 Å². The van der Waals surface area contributed by atoms with Gasteiger partial charge in [0.1, 0.15) is 0 Å². The third-order valence-corrected chi connectivity index (χ3v) is 5.84. The molecule has 1 aromatic rings. The summed E-state index contributed by atoms with van der Waals surface area (Å²) in [5, 5.41) is 0. The molecule has 0 saturated carbocycles. The molecule has 3 rings (SSSR count). The second-order valence-corrected chi connectivity index (χ2v) is 8.28. The van der Waals surface area contributed by atoms with Crippen molar-refractivity contribution in [2.75, 3.05) is 0 Å². The van der Waals surface area contributed by atoms with Gasteiger partial charge in [0, 0.05) is 18.6 Å². The summed E-state index contributed by atoms with van der Waals surface area (Å²) in [6.07, 6.45) is 3.33. The van der Waals surface area contributed by atoms with Crippen molar-refractivity contribution in [1.82, 2.24) is 4.90 Å². The van der Waals surface area contributed by atoms with Crippen LogP contribution in [0.1, 0.15) is 53.5 Å². The standard InChI is InChI=1S/C20H30BNO2/c1-15-12-18(21-23-19(3,4)20(5,6)24-21)13-16(2)22(15)14-17-10-8-7-9-11-17/h7-12,15-16H,13-14H2,1-6H3/t15-,16+/m1/s1. The smallest absolute Gasteiger partial charge is 0.400 e. The molecule has 1 fully saturated rings. The highest BCUT2D eigenvalue weighted by molar-refractivity contribution is 6.54.